The first kappa shape index (κ1) is 15.0. The van der Waals surface area contributed by atoms with Gasteiger partial charge >= 0.3 is 0 Å². The zero-order chi connectivity index (χ0) is 16.5. The van der Waals surface area contributed by atoms with Crippen LogP contribution < -0.4 is 10.9 Å². The normalized spacial score (nSPS) is 20.4. The lowest BCUT2D eigenvalue weighted by Crippen LogP contribution is -2.26. The number of aryl methyl sites for hydroxylation is 1. The molecule has 2 atom stereocenters. The molecule has 0 saturated carbocycles. The van der Waals surface area contributed by atoms with Crippen LogP contribution in [0.5, 0.6) is 0 Å². The minimum absolute atomic E-state index is 0.0735. The molecule has 3 aromatic rings. The minimum atomic E-state index is -0.235. The predicted octanol–water partition coefficient (Wildman–Crippen LogP) is 3.46. The molecule has 4 rings (SSSR count). The van der Waals surface area contributed by atoms with E-state index >= 15 is 0 Å². The lowest BCUT2D eigenvalue weighted by atomic mass is 10.0. The van der Waals surface area contributed by atoms with Crippen molar-refractivity contribution in [1.82, 2.24) is 21.0 Å². The Morgan fingerprint density at radius 3 is 2.58 bits per heavy atom. The van der Waals surface area contributed by atoms with E-state index in [2.05, 4.69) is 21.0 Å². The molecule has 6 heteroatoms. The van der Waals surface area contributed by atoms with E-state index in [0.29, 0.717) is 11.7 Å². The summed E-state index contributed by atoms with van der Waals surface area (Å²) < 4.78 is 18.5. The molecule has 122 valence electrons. The number of benzene rings is 2. The Morgan fingerprint density at radius 2 is 1.79 bits per heavy atom. The van der Waals surface area contributed by atoms with Crippen molar-refractivity contribution in [3.63, 3.8) is 0 Å². The molecule has 0 amide bonds. The maximum Gasteiger partial charge on any atom is 0.245 e. The summed E-state index contributed by atoms with van der Waals surface area (Å²) >= 11 is 0. The average molecular weight is 324 g/mol. The van der Waals surface area contributed by atoms with Crippen molar-refractivity contribution >= 4 is 0 Å². The Labute approximate surface area is 138 Å². The van der Waals surface area contributed by atoms with Crippen molar-refractivity contribution in [2.75, 3.05) is 0 Å². The van der Waals surface area contributed by atoms with Crippen LogP contribution in [0.15, 0.2) is 53.1 Å². The Bertz CT molecular complexity index is 846. The van der Waals surface area contributed by atoms with Gasteiger partial charge in [-0.2, -0.15) is 4.98 Å². The van der Waals surface area contributed by atoms with Gasteiger partial charge in [0.1, 0.15) is 11.9 Å². The second kappa shape index (κ2) is 6.14. The molecule has 2 unspecified atom stereocenters. The molecular formula is C18H17FN4O. The van der Waals surface area contributed by atoms with E-state index in [0.717, 1.165) is 23.1 Å². The van der Waals surface area contributed by atoms with E-state index in [4.69, 9.17) is 4.52 Å². The molecule has 1 fully saturated rings. The van der Waals surface area contributed by atoms with Crippen LogP contribution >= 0.6 is 0 Å². The van der Waals surface area contributed by atoms with Gasteiger partial charge < -0.3 is 4.52 Å². The average Bonchev–Trinajstić information content (AvgIpc) is 3.25. The van der Waals surface area contributed by atoms with Crippen molar-refractivity contribution in [2.45, 2.75) is 25.4 Å². The van der Waals surface area contributed by atoms with Gasteiger partial charge in [-0.1, -0.05) is 41.6 Å². The third-order valence-corrected chi connectivity index (χ3v) is 4.30. The van der Waals surface area contributed by atoms with Crippen LogP contribution in [0.4, 0.5) is 4.39 Å². The molecule has 1 aliphatic heterocycles. The fourth-order valence-electron chi connectivity index (χ4n) is 2.94. The SMILES string of the molecule is Cc1ccccc1-c1noc(C2CC(c3ccc(F)cc3)NN2)n1. The van der Waals surface area contributed by atoms with E-state index in [9.17, 15) is 4.39 Å². The van der Waals surface area contributed by atoms with Crippen molar-refractivity contribution in [3.8, 4) is 11.4 Å². The number of nitrogens with one attached hydrogen (secondary N) is 2. The molecule has 2 heterocycles. The van der Waals surface area contributed by atoms with Crippen molar-refractivity contribution in [1.29, 1.82) is 0 Å². The number of halogens is 1. The summed E-state index contributed by atoms with van der Waals surface area (Å²) in [6, 6.07) is 14.4. The van der Waals surface area contributed by atoms with Crippen LogP contribution in [-0.2, 0) is 0 Å². The summed E-state index contributed by atoms with van der Waals surface area (Å²) in [5.74, 6) is 0.904. The lowest BCUT2D eigenvalue weighted by molar-refractivity contribution is 0.340. The highest BCUT2D eigenvalue weighted by atomic mass is 19.1. The topological polar surface area (TPSA) is 63.0 Å². The van der Waals surface area contributed by atoms with Gasteiger partial charge in [0, 0.05) is 11.6 Å². The number of hydrogen-bond donors (Lipinski definition) is 2. The molecule has 1 aliphatic rings. The largest absolute Gasteiger partial charge is 0.337 e. The highest BCUT2D eigenvalue weighted by Gasteiger charge is 2.30. The third kappa shape index (κ3) is 2.81. The van der Waals surface area contributed by atoms with Gasteiger partial charge in [0.2, 0.25) is 11.7 Å². The molecule has 5 nitrogen and oxygen atoms in total. The van der Waals surface area contributed by atoms with Crippen molar-refractivity contribution < 1.29 is 8.91 Å². The van der Waals surface area contributed by atoms with Crippen LogP contribution in [0.1, 0.15) is 35.5 Å². The van der Waals surface area contributed by atoms with Gasteiger partial charge in [-0.05, 0) is 36.6 Å². The van der Waals surface area contributed by atoms with Gasteiger partial charge in [-0.3, -0.25) is 0 Å². The summed E-state index contributed by atoms with van der Waals surface area (Å²) in [4.78, 5) is 4.53. The van der Waals surface area contributed by atoms with Crippen LogP contribution in [0.2, 0.25) is 0 Å². The molecule has 0 radical (unpaired) electrons. The molecule has 1 saturated heterocycles. The predicted molar refractivity (Wildman–Crippen MR) is 87.2 cm³/mol. The molecule has 2 N–H and O–H groups in total. The first-order valence-corrected chi connectivity index (χ1v) is 7.87. The maximum atomic E-state index is 13.0. The second-order valence-electron chi connectivity index (χ2n) is 5.95. The summed E-state index contributed by atoms with van der Waals surface area (Å²) in [7, 11) is 0. The van der Waals surface area contributed by atoms with E-state index < -0.39 is 0 Å². The van der Waals surface area contributed by atoms with Crippen LogP contribution in [0.25, 0.3) is 11.4 Å². The van der Waals surface area contributed by atoms with Gasteiger partial charge in [0.25, 0.3) is 0 Å². The summed E-state index contributed by atoms with van der Waals surface area (Å²) in [6.45, 7) is 2.02. The number of hydrazine groups is 1. The molecular weight excluding hydrogens is 307 g/mol. The molecule has 0 bridgehead atoms. The number of rotatable bonds is 3. The van der Waals surface area contributed by atoms with Gasteiger partial charge in [0.15, 0.2) is 0 Å². The third-order valence-electron chi connectivity index (χ3n) is 4.30. The maximum absolute atomic E-state index is 13.0. The molecule has 2 aromatic carbocycles. The zero-order valence-corrected chi connectivity index (χ0v) is 13.2. The van der Waals surface area contributed by atoms with Crippen LogP contribution in [0.3, 0.4) is 0 Å². The summed E-state index contributed by atoms with van der Waals surface area (Å²) in [5.41, 5.74) is 9.46. The number of hydrogen-bond acceptors (Lipinski definition) is 5. The Morgan fingerprint density at radius 1 is 1.04 bits per heavy atom. The molecule has 0 spiro atoms. The first-order chi connectivity index (χ1) is 11.7. The Balaban J connectivity index is 1.52. The standard InChI is InChI=1S/C18H17FN4O/c1-11-4-2-3-5-14(11)17-20-18(24-23-17)16-10-15(21-22-16)12-6-8-13(19)9-7-12/h2-9,15-16,21-22H,10H2,1H3. The molecule has 0 aliphatic carbocycles. The quantitative estimate of drug-likeness (QED) is 0.772. The summed E-state index contributed by atoms with van der Waals surface area (Å²) in [6.07, 6.45) is 0.751. The van der Waals surface area contributed by atoms with E-state index in [1.807, 2.05) is 31.2 Å². The fraction of sp³-hybridized carbons (Fsp3) is 0.222. The van der Waals surface area contributed by atoms with Crippen LogP contribution in [0, 0.1) is 12.7 Å². The monoisotopic (exact) mass is 324 g/mol. The lowest BCUT2D eigenvalue weighted by Gasteiger charge is -2.08. The molecule has 24 heavy (non-hydrogen) atoms. The molecule has 1 aromatic heterocycles. The minimum Gasteiger partial charge on any atom is -0.337 e. The van der Waals surface area contributed by atoms with Crippen molar-refractivity contribution in [2.24, 2.45) is 0 Å². The number of nitrogens with zero attached hydrogens (tertiary/aromatic N) is 2. The second-order valence-corrected chi connectivity index (χ2v) is 5.95. The highest BCUT2D eigenvalue weighted by Crippen LogP contribution is 2.31. The van der Waals surface area contributed by atoms with E-state index in [-0.39, 0.29) is 17.9 Å². The van der Waals surface area contributed by atoms with E-state index in [1.165, 1.54) is 12.1 Å². The van der Waals surface area contributed by atoms with Crippen LogP contribution in [-0.4, -0.2) is 10.1 Å². The van der Waals surface area contributed by atoms with Crippen molar-refractivity contribution in [3.05, 3.63) is 71.4 Å². The highest BCUT2D eigenvalue weighted by molar-refractivity contribution is 5.59. The first-order valence-electron chi connectivity index (χ1n) is 7.87. The van der Waals surface area contributed by atoms with E-state index in [1.54, 1.807) is 12.1 Å². The Kier molecular flexibility index (Phi) is 3.84. The van der Waals surface area contributed by atoms with Gasteiger partial charge in [-0.25, -0.2) is 15.2 Å². The smallest absolute Gasteiger partial charge is 0.245 e. The van der Waals surface area contributed by atoms with Gasteiger partial charge in [0.05, 0.1) is 0 Å². The fourth-order valence-corrected chi connectivity index (χ4v) is 2.94. The summed E-state index contributed by atoms with van der Waals surface area (Å²) in [5, 5.41) is 4.10. The van der Waals surface area contributed by atoms with Gasteiger partial charge in [-0.15, -0.1) is 0 Å². The number of aromatic nitrogens is 2. The Hall–Kier alpha value is -2.57. The zero-order valence-electron chi connectivity index (χ0n) is 13.2.